The van der Waals surface area contributed by atoms with Gasteiger partial charge in [-0.25, -0.2) is 14.3 Å². The maximum Gasteiger partial charge on any atom is 0.339 e. The minimum atomic E-state index is -0.360. The van der Waals surface area contributed by atoms with Gasteiger partial charge < -0.3 is 4.74 Å². The summed E-state index contributed by atoms with van der Waals surface area (Å²) in [7, 11) is 1.37. The Morgan fingerprint density at radius 3 is 3.06 bits per heavy atom. The molecule has 16 heavy (non-hydrogen) atoms. The smallest absolute Gasteiger partial charge is 0.339 e. The summed E-state index contributed by atoms with van der Waals surface area (Å²) < 4.78 is 6.40. The molecule has 0 spiro atoms. The normalized spacial score (nSPS) is 10.6. The second-order valence-corrected chi connectivity index (χ2v) is 3.47. The number of nitrogens with zero attached hydrogens (tertiary/aromatic N) is 3. The lowest BCUT2D eigenvalue weighted by molar-refractivity contribution is 0.0599. The predicted octanol–water partition coefficient (Wildman–Crippen LogP) is 1.47. The van der Waals surface area contributed by atoms with Crippen LogP contribution >= 0.6 is 0 Å². The van der Waals surface area contributed by atoms with Gasteiger partial charge in [0, 0.05) is 18.0 Å². The molecule has 2 aromatic rings. The van der Waals surface area contributed by atoms with E-state index in [2.05, 4.69) is 17.0 Å². The molecule has 0 bridgehead atoms. The number of esters is 1. The summed E-state index contributed by atoms with van der Waals surface area (Å²) in [5.41, 5.74) is 2.13. The lowest BCUT2D eigenvalue weighted by atomic mass is 10.1. The zero-order chi connectivity index (χ0) is 11.5. The zero-order valence-electron chi connectivity index (χ0n) is 9.30. The number of aromatic nitrogens is 3. The van der Waals surface area contributed by atoms with E-state index in [1.54, 1.807) is 16.9 Å². The Kier molecular flexibility index (Phi) is 2.85. The third kappa shape index (κ3) is 1.64. The van der Waals surface area contributed by atoms with E-state index in [1.807, 2.05) is 0 Å². The number of carbonyl (C=O) groups is 1. The third-order valence-corrected chi connectivity index (χ3v) is 2.43. The summed E-state index contributed by atoms with van der Waals surface area (Å²) in [5, 5.41) is 4.11. The molecule has 2 rings (SSSR count). The van der Waals surface area contributed by atoms with Gasteiger partial charge in [0.25, 0.3) is 0 Å². The van der Waals surface area contributed by atoms with Gasteiger partial charge in [-0.05, 0) is 6.42 Å². The summed E-state index contributed by atoms with van der Waals surface area (Å²) >= 11 is 0. The molecule has 0 saturated carbocycles. The lowest BCUT2D eigenvalue weighted by Gasteiger charge is -2.07. The molecular weight excluding hydrogens is 206 g/mol. The Morgan fingerprint density at radius 1 is 1.56 bits per heavy atom. The van der Waals surface area contributed by atoms with E-state index in [4.69, 9.17) is 4.74 Å². The SMILES string of the molecule is CCCc1c(C(=O)OC)cnn2ccnc12. The molecule has 0 aromatic carbocycles. The van der Waals surface area contributed by atoms with E-state index in [0.29, 0.717) is 5.56 Å². The van der Waals surface area contributed by atoms with Crippen LogP contribution in [0.3, 0.4) is 0 Å². The van der Waals surface area contributed by atoms with Gasteiger partial charge in [-0.2, -0.15) is 5.10 Å². The van der Waals surface area contributed by atoms with E-state index >= 15 is 0 Å². The highest BCUT2D eigenvalue weighted by molar-refractivity contribution is 5.92. The second kappa shape index (κ2) is 4.30. The monoisotopic (exact) mass is 219 g/mol. The minimum Gasteiger partial charge on any atom is -0.465 e. The number of aryl methyl sites for hydroxylation is 1. The van der Waals surface area contributed by atoms with Gasteiger partial charge in [0.15, 0.2) is 5.65 Å². The molecule has 0 radical (unpaired) electrons. The lowest BCUT2D eigenvalue weighted by Crippen LogP contribution is -2.09. The summed E-state index contributed by atoms with van der Waals surface area (Å²) in [5.74, 6) is -0.360. The molecule has 5 heteroatoms. The zero-order valence-corrected chi connectivity index (χ0v) is 9.30. The van der Waals surface area contributed by atoms with Gasteiger partial charge in [-0.15, -0.1) is 0 Å². The largest absolute Gasteiger partial charge is 0.465 e. The van der Waals surface area contributed by atoms with Crippen molar-refractivity contribution in [2.45, 2.75) is 19.8 Å². The van der Waals surface area contributed by atoms with Crippen LogP contribution in [-0.2, 0) is 11.2 Å². The molecule has 0 atom stereocenters. The fourth-order valence-electron chi connectivity index (χ4n) is 1.71. The summed E-state index contributed by atoms with van der Waals surface area (Å²) in [6.45, 7) is 2.06. The van der Waals surface area contributed by atoms with Crippen molar-refractivity contribution >= 4 is 11.6 Å². The molecule has 0 aliphatic heterocycles. The van der Waals surface area contributed by atoms with Gasteiger partial charge in [0.1, 0.15) is 0 Å². The quantitative estimate of drug-likeness (QED) is 0.733. The van der Waals surface area contributed by atoms with E-state index in [-0.39, 0.29) is 5.97 Å². The fourth-order valence-corrected chi connectivity index (χ4v) is 1.71. The number of imidazole rings is 1. The molecule has 0 fully saturated rings. The fraction of sp³-hybridized carbons (Fsp3) is 0.364. The molecular formula is C11H13N3O2. The van der Waals surface area contributed by atoms with Gasteiger partial charge in [-0.3, -0.25) is 0 Å². The number of rotatable bonds is 3. The molecule has 0 unspecified atom stereocenters. The molecule has 84 valence electrons. The van der Waals surface area contributed by atoms with Crippen LogP contribution in [0, 0.1) is 0 Å². The first kappa shape index (κ1) is 10.6. The highest BCUT2D eigenvalue weighted by Crippen LogP contribution is 2.16. The Bertz CT molecular complexity index is 519. The van der Waals surface area contributed by atoms with Crippen LogP contribution in [0.1, 0.15) is 29.3 Å². The van der Waals surface area contributed by atoms with Crippen LogP contribution in [0.25, 0.3) is 5.65 Å². The topological polar surface area (TPSA) is 56.5 Å². The van der Waals surface area contributed by atoms with Crippen molar-refractivity contribution < 1.29 is 9.53 Å². The molecule has 5 nitrogen and oxygen atoms in total. The molecule has 0 aliphatic rings. The average Bonchev–Trinajstić information content (AvgIpc) is 2.77. The average molecular weight is 219 g/mol. The maximum atomic E-state index is 11.6. The number of hydrogen-bond acceptors (Lipinski definition) is 4. The van der Waals surface area contributed by atoms with Crippen molar-refractivity contribution in [1.29, 1.82) is 0 Å². The van der Waals surface area contributed by atoms with E-state index in [0.717, 1.165) is 24.1 Å². The highest BCUT2D eigenvalue weighted by atomic mass is 16.5. The van der Waals surface area contributed by atoms with Gasteiger partial charge >= 0.3 is 5.97 Å². The maximum absolute atomic E-state index is 11.6. The first-order valence-corrected chi connectivity index (χ1v) is 5.17. The van der Waals surface area contributed by atoms with Crippen molar-refractivity contribution in [3.63, 3.8) is 0 Å². The van der Waals surface area contributed by atoms with E-state index in [9.17, 15) is 4.79 Å². The van der Waals surface area contributed by atoms with Crippen LogP contribution in [0.2, 0.25) is 0 Å². The van der Waals surface area contributed by atoms with Gasteiger partial charge in [0.2, 0.25) is 0 Å². The first-order valence-electron chi connectivity index (χ1n) is 5.17. The van der Waals surface area contributed by atoms with Crippen LogP contribution in [0.4, 0.5) is 0 Å². The van der Waals surface area contributed by atoms with Gasteiger partial charge in [-0.1, -0.05) is 13.3 Å². The highest BCUT2D eigenvalue weighted by Gasteiger charge is 2.16. The minimum absolute atomic E-state index is 0.360. The number of hydrogen-bond donors (Lipinski definition) is 0. The predicted molar refractivity (Wildman–Crippen MR) is 58.3 cm³/mol. The van der Waals surface area contributed by atoms with E-state index in [1.165, 1.54) is 13.3 Å². The van der Waals surface area contributed by atoms with Gasteiger partial charge in [0.05, 0.1) is 18.9 Å². The summed E-state index contributed by atoms with van der Waals surface area (Å²) in [6.07, 6.45) is 6.69. The third-order valence-electron chi connectivity index (χ3n) is 2.43. The Morgan fingerprint density at radius 2 is 2.38 bits per heavy atom. The van der Waals surface area contributed by atoms with E-state index < -0.39 is 0 Å². The Hall–Kier alpha value is -1.91. The van der Waals surface area contributed by atoms with Crippen LogP contribution in [-0.4, -0.2) is 27.7 Å². The molecule has 2 aromatic heterocycles. The van der Waals surface area contributed by atoms with Crippen LogP contribution < -0.4 is 0 Å². The van der Waals surface area contributed by atoms with Crippen molar-refractivity contribution in [2.75, 3.05) is 7.11 Å². The summed E-state index contributed by atoms with van der Waals surface area (Å²) in [6, 6.07) is 0. The Labute approximate surface area is 93.1 Å². The van der Waals surface area contributed by atoms with Crippen LogP contribution in [0.15, 0.2) is 18.6 Å². The van der Waals surface area contributed by atoms with Crippen molar-refractivity contribution in [3.05, 3.63) is 29.7 Å². The Balaban J connectivity index is 2.63. The van der Waals surface area contributed by atoms with Crippen molar-refractivity contribution in [1.82, 2.24) is 14.6 Å². The first-order chi connectivity index (χ1) is 7.77. The number of methoxy groups -OCH3 is 1. The molecule has 2 heterocycles. The standard InChI is InChI=1S/C11H13N3O2/c1-3-4-8-9(11(15)16-2)7-13-14-6-5-12-10(8)14/h5-7H,3-4H2,1-2H3. The molecule has 0 aliphatic carbocycles. The summed E-state index contributed by atoms with van der Waals surface area (Å²) in [4.78, 5) is 15.8. The number of carbonyl (C=O) groups excluding carboxylic acids is 1. The molecule has 0 saturated heterocycles. The number of ether oxygens (including phenoxy) is 1. The molecule has 0 amide bonds. The van der Waals surface area contributed by atoms with Crippen molar-refractivity contribution in [3.8, 4) is 0 Å². The van der Waals surface area contributed by atoms with Crippen molar-refractivity contribution in [2.24, 2.45) is 0 Å². The molecule has 0 N–H and O–H groups in total. The van der Waals surface area contributed by atoms with Crippen LogP contribution in [0.5, 0.6) is 0 Å². The number of fused-ring (bicyclic) bond motifs is 1. The second-order valence-electron chi connectivity index (χ2n) is 3.47.